The number of carbonyl (C=O) groups is 1. The summed E-state index contributed by atoms with van der Waals surface area (Å²) in [5.74, 6) is 0.422. The Bertz CT molecular complexity index is 623. The maximum atomic E-state index is 11.7. The number of pyridine rings is 1. The number of methoxy groups -OCH3 is 2. The average molecular weight is 271 g/mol. The highest BCUT2D eigenvalue weighted by Crippen LogP contribution is 2.23. The molecular weight excluding hydrogens is 254 g/mol. The molecule has 0 aliphatic heterocycles. The number of nitrogens with zero attached hydrogens (tertiary/aromatic N) is 1. The molecule has 4 nitrogen and oxygen atoms in total. The minimum atomic E-state index is -0.355. The predicted octanol–water partition coefficient (Wildman–Crippen LogP) is 3.11. The zero-order valence-corrected chi connectivity index (χ0v) is 11.8. The Morgan fingerprint density at radius 3 is 2.65 bits per heavy atom. The van der Waals surface area contributed by atoms with E-state index in [0.29, 0.717) is 12.0 Å². The number of hydrogen-bond acceptors (Lipinski definition) is 4. The SMILES string of the molecule is CCc1nc(-c2cccc(OC)c2)ccc1C(=O)OC. The normalized spacial score (nSPS) is 10.2. The summed E-state index contributed by atoms with van der Waals surface area (Å²) in [4.78, 5) is 16.2. The summed E-state index contributed by atoms with van der Waals surface area (Å²) in [6, 6.07) is 11.2. The van der Waals surface area contributed by atoms with Crippen molar-refractivity contribution in [2.75, 3.05) is 14.2 Å². The molecule has 0 fully saturated rings. The van der Waals surface area contributed by atoms with Crippen molar-refractivity contribution < 1.29 is 14.3 Å². The number of aromatic nitrogens is 1. The summed E-state index contributed by atoms with van der Waals surface area (Å²) in [5, 5.41) is 0. The first-order chi connectivity index (χ1) is 9.69. The lowest BCUT2D eigenvalue weighted by Gasteiger charge is -2.09. The van der Waals surface area contributed by atoms with Gasteiger partial charge in [-0.05, 0) is 30.7 Å². The van der Waals surface area contributed by atoms with E-state index < -0.39 is 0 Å². The number of hydrogen-bond donors (Lipinski definition) is 0. The topological polar surface area (TPSA) is 48.4 Å². The minimum Gasteiger partial charge on any atom is -0.497 e. The van der Waals surface area contributed by atoms with Crippen LogP contribution < -0.4 is 4.74 Å². The van der Waals surface area contributed by atoms with Crippen molar-refractivity contribution in [1.82, 2.24) is 4.98 Å². The van der Waals surface area contributed by atoms with Crippen LogP contribution in [0.5, 0.6) is 5.75 Å². The molecule has 0 radical (unpaired) electrons. The van der Waals surface area contributed by atoms with Crippen LogP contribution in [0.2, 0.25) is 0 Å². The Balaban J connectivity index is 2.45. The van der Waals surface area contributed by atoms with Crippen LogP contribution in [0.15, 0.2) is 36.4 Å². The first-order valence-electron chi connectivity index (χ1n) is 6.42. The lowest BCUT2D eigenvalue weighted by Crippen LogP contribution is -2.07. The van der Waals surface area contributed by atoms with E-state index in [2.05, 4.69) is 4.98 Å². The maximum Gasteiger partial charge on any atom is 0.339 e. The summed E-state index contributed by atoms with van der Waals surface area (Å²) in [5.41, 5.74) is 3.02. The molecule has 0 saturated carbocycles. The first-order valence-corrected chi connectivity index (χ1v) is 6.42. The molecule has 0 aliphatic rings. The van der Waals surface area contributed by atoms with Crippen molar-refractivity contribution in [2.24, 2.45) is 0 Å². The van der Waals surface area contributed by atoms with E-state index in [4.69, 9.17) is 9.47 Å². The zero-order valence-electron chi connectivity index (χ0n) is 11.8. The largest absolute Gasteiger partial charge is 0.497 e. The van der Waals surface area contributed by atoms with Gasteiger partial charge >= 0.3 is 5.97 Å². The van der Waals surface area contributed by atoms with Gasteiger partial charge in [-0.15, -0.1) is 0 Å². The Morgan fingerprint density at radius 1 is 1.20 bits per heavy atom. The molecule has 1 aromatic heterocycles. The summed E-state index contributed by atoms with van der Waals surface area (Å²) in [7, 11) is 3.00. The van der Waals surface area contributed by atoms with E-state index in [1.165, 1.54) is 7.11 Å². The average Bonchev–Trinajstić information content (AvgIpc) is 2.53. The number of rotatable bonds is 4. The van der Waals surface area contributed by atoms with Crippen LogP contribution in [-0.4, -0.2) is 25.2 Å². The van der Waals surface area contributed by atoms with Gasteiger partial charge in [0.1, 0.15) is 5.75 Å². The molecule has 0 N–H and O–H groups in total. The lowest BCUT2D eigenvalue weighted by atomic mass is 10.1. The summed E-state index contributed by atoms with van der Waals surface area (Å²) < 4.78 is 9.97. The molecule has 0 atom stereocenters. The lowest BCUT2D eigenvalue weighted by molar-refractivity contribution is 0.0599. The molecular formula is C16H17NO3. The second-order valence-electron chi connectivity index (χ2n) is 4.27. The quantitative estimate of drug-likeness (QED) is 0.802. The van der Waals surface area contributed by atoms with Crippen LogP contribution >= 0.6 is 0 Å². The molecule has 0 spiro atoms. The molecule has 1 heterocycles. The summed E-state index contributed by atoms with van der Waals surface area (Å²) >= 11 is 0. The van der Waals surface area contributed by atoms with Gasteiger partial charge in [0.25, 0.3) is 0 Å². The third-order valence-corrected chi connectivity index (χ3v) is 3.08. The number of carbonyl (C=O) groups excluding carboxylic acids is 1. The minimum absolute atomic E-state index is 0.355. The van der Waals surface area contributed by atoms with Crippen LogP contribution in [-0.2, 0) is 11.2 Å². The van der Waals surface area contributed by atoms with E-state index in [1.54, 1.807) is 13.2 Å². The molecule has 2 aromatic rings. The summed E-state index contributed by atoms with van der Waals surface area (Å²) in [6.45, 7) is 1.96. The third kappa shape index (κ3) is 2.79. The van der Waals surface area contributed by atoms with Crippen molar-refractivity contribution in [2.45, 2.75) is 13.3 Å². The smallest absolute Gasteiger partial charge is 0.339 e. The molecule has 2 rings (SSSR count). The third-order valence-electron chi connectivity index (χ3n) is 3.08. The standard InChI is InChI=1S/C16H17NO3/c1-4-14-13(16(18)20-3)8-9-15(17-14)11-6-5-7-12(10-11)19-2/h5-10H,4H2,1-3H3. The van der Waals surface area contributed by atoms with Gasteiger partial charge in [0.2, 0.25) is 0 Å². The number of aryl methyl sites for hydroxylation is 1. The van der Waals surface area contributed by atoms with Crippen molar-refractivity contribution in [1.29, 1.82) is 0 Å². The van der Waals surface area contributed by atoms with Gasteiger partial charge in [-0.1, -0.05) is 19.1 Å². The highest BCUT2D eigenvalue weighted by Gasteiger charge is 2.13. The number of esters is 1. The second-order valence-corrected chi connectivity index (χ2v) is 4.27. The number of benzene rings is 1. The molecule has 0 bridgehead atoms. The fraction of sp³-hybridized carbons (Fsp3) is 0.250. The van der Waals surface area contributed by atoms with Crippen molar-refractivity contribution >= 4 is 5.97 Å². The van der Waals surface area contributed by atoms with Gasteiger partial charge in [-0.3, -0.25) is 4.98 Å². The van der Waals surface area contributed by atoms with Gasteiger partial charge in [0, 0.05) is 5.56 Å². The monoisotopic (exact) mass is 271 g/mol. The fourth-order valence-corrected chi connectivity index (χ4v) is 2.01. The predicted molar refractivity (Wildman–Crippen MR) is 76.9 cm³/mol. The van der Waals surface area contributed by atoms with E-state index in [0.717, 1.165) is 22.7 Å². The molecule has 20 heavy (non-hydrogen) atoms. The molecule has 0 amide bonds. The molecule has 0 unspecified atom stereocenters. The van der Waals surface area contributed by atoms with Crippen LogP contribution in [0, 0.1) is 0 Å². The van der Waals surface area contributed by atoms with E-state index >= 15 is 0 Å². The van der Waals surface area contributed by atoms with Crippen LogP contribution in [0.3, 0.4) is 0 Å². The molecule has 104 valence electrons. The van der Waals surface area contributed by atoms with Crippen LogP contribution in [0.25, 0.3) is 11.3 Å². The Kier molecular flexibility index (Phi) is 4.35. The Labute approximate surface area is 118 Å². The van der Waals surface area contributed by atoms with E-state index in [1.807, 2.05) is 37.3 Å². The molecule has 0 saturated heterocycles. The zero-order chi connectivity index (χ0) is 14.5. The van der Waals surface area contributed by atoms with Crippen LogP contribution in [0.1, 0.15) is 23.0 Å². The van der Waals surface area contributed by atoms with E-state index in [-0.39, 0.29) is 5.97 Å². The van der Waals surface area contributed by atoms with Gasteiger partial charge < -0.3 is 9.47 Å². The highest BCUT2D eigenvalue weighted by atomic mass is 16.5. The van der Waals surface area contributed by atoms with Gasteiger partial charge in [0.05, 0.1) is 31.2 Å². The van der Waals surface area contributed by atoms with Gasteiger partial charge in [-0.2, -0.15) is 0 Å². The van der Waals surface area contributed by atoms with Crippen LogP contribution in [0.4, 0.5) is 0 Å². The Hall–Kier alpha value is -2.36. The number of ether oxygens (including phenoxy) is 2. The Morgan fingerprint density at radius 2 is 2.00 bits per heavy atom. The molecule has 0 aliphatic carbocycles. The first kappa shape index (κ1) is 14.1. The van der Waals surface area contributed by atoms with Gasteiger partial charge in [0.15, 0.2) is 0 Å². The molecule has 1 aromatic carbocycles. The van der Waals surface area contributed by atoms with Crippen molar-refractivity contribution in [3.05, 3.63) is 47.7 Å². The summed E-state index contributed by atoms with van der Waals surface area (Å²) in [6.07, 6.45) is 0.669. The van der Waals surface area contributed by atoms with Crippen molar-refractivity contribution in [3.8, 4) is 17.0 Å². The van der Waals surface area contributed by atoms with Crippen molar-refractivity contribution in [3.63, 3.8) is 0 Å². The maximum absolute atomic E-state index is 11.7. The molecule has 4 heteroatoms. The van der Waals surface area contributed by atoms with Gasteiger partial charge in [-0.25, -0.2) is 4.79 Å². The highest BCUT2D eigenvalue weighted by molar-refractivity contribution is 5.91. The fourth-order valence-electron chi connectivity index (χ4n) is 2.01. The second kappa shape index (κ2) is 6.19. The van der Waals surface area contributed by atoms with E-state index in [9.17, 15) is 4.79 Å².